The first-order chi connectivity index (χ1) is 7.33. The SMILES string of the molecule is O=C(CO)CCC1[C@H]2CC/C=C\CC[C@@H]12. The van der Waals surface area contributed by atoms with Crippen LogP contribution in [-0.2, 0) is 4.79 Å². The van der Waals surface area contributed by atoms with Gasteiger partial charge in [0.1, 0.15) is 6.61 Å². The van der Waals surface area contributed by atoms with Gasteiger partial charge in [0, 0.05) is 6.42 Å². The van der Waals surface area contributed by atoms with Crippen LogP contribution in [-0.4, -0.2) is 17.5 Å². The molecule has 2 aliphatic rings. The van der Waals surface area contributed by atoms with Crippen LogP contribution < -0.4 is 0 Å². The highest BCUT2D eigenvalue weighted by Crippen LogP contribution is 2.54. The second-order valence-corrected chi connectivity index (χ2v) is 4.85. The van der Waals surface area contributed by atoms with Crippen LogP contribution in [0.2, 0.25) is 0 Å². The molecule has 0 aromatic carbocycles. The zero-order chi connectivity index (χ0) is 10.7. The highest BCUT2D eigenvalue weighted by Gasteiger charge is 2.47. The van der Waals surface area contributed by atoms with E-state index in [0.29, 0.717) is 6.42 Å². The maximum atomic E-state index is 11.0. The normalized spacial score (nSPS) is 36.2. The molecule has 0 spiro atoms. The molecule has 2 nitrogen and oxygen atoms in total. The standard InChI is InChI=1S/C13H20O2/c14-9-10(15)7-8-13-11-5-3-1-2-4-6-12(11)13/h1-2,11-14H,3-9H2/b2-1-/t11-,12+,13?. The monoisotopic (exact) mass is 208 g/mol. The maximum Gasteiger partial charge on any atom is 0.158 e. The van der Waals surface area contributed by atoms with E-state index in [9.17, 15) is 4.79 Å². The molecule has 84 valence electrons. The Balaban J connectivity index is 1.75. The molecule has 2 rings (SSSR count). The lowest BCUT2D eigenvalue weighted by Gasteiger charge is -1.99. The summed E-state index contributed by atoms with van der Waals surface area (Å²) in [6.07, 6.45) is 11.2. The number of fused-ring (bicyclic) bond motifs is 1. The van der Waals surface area contributed by atoms with Crippen molar-refractivity contribution in [2.24, 2.45) is 17.8 Å². The fourth-order valence-corrected chi connectivity index (χ4v) is 3.03. The number of carbonyl (C=O) groups excluding carboxylic acids is 1. The van der Waals surface area contributed by atoms with Crippen molar-refractivity contribution in [2.75, 3.05) is 6.61 Å². The Kier molecular flexibility index (Phi) is 3.57. The molecule has 0 aromatic rings. The molecule has 0 saturated heterocycles. The first-order valence-corrected chi connectivity index (χ1v) is 6.10. The molecule has 2 aliphatic carbocycles. The average Bonchev–Trinajstić information content (AvgIpc) is 2.85. The number of rotatable bonds is 4. The van der Waals surface area contributed by atoms with Crippen molar-refractivity contribution in [3.05, 3.63) is 12.2 Å². The Hall–Kier alpha value is -0.630. The molecule has 0 amide bonds. The molecular weight excluding hydrogens is 188 g/mol. The summed E-state index contributed by atoms with van der Waals surface area (Å²) >= 11 is 0. The minimum Gasteiger partial charge on any atom is -0.389 e. The summed E-state index contributed by atoms with van der Waals surface area (Å²) in [5.74, 6) is 2.54. The van der Waals surface area contributed by atoms with E-state index < -0.39 is 0 Å². The van der Waals surface area contributed by atoms with Crippen LogP contribution in [0, 0.1) is 17.8 Å². The average molecular weight is 208 g/mol. The van der Waals surface area contributed by atoms with E-state index in [1.54, 1.807) is 0 Å². The van der Waals surface area contributed by atoms with E-state index in [-0.39, 0.29) is 12.4 Å². The van der Waals surface area contributed by atoms with Crippen molar-refractivity contribution in [3.63, 3.8) is 0 Å². The van der Waals surface area contributed by atoms with Gasteiger partial charge in [-0.25, -0.2) is 0 Å². The molecular formula is C13H20O2. The third kappa shape index (κ3) is 2.69. The van der Waals surface area contributed by atoms with Crippen molar-refractivity contribution in [1.82, 2.24) is 0 Å². The summed E-state index contributed by atoms with van der Waals surface area (Å²) < 4.78 is 0. The van der Waals surface area contributed by atoms with E-state index in [0.717, 1.165) is 24.2 Å². The quantitative estimate of drug-likeness (QED) is 0.720. The van der Waals surface area contributed by atoms with Gasteiger partial charge in [0.05, 0.1) is 0 Å². The highest BCUT2D eigenvalue weighted by molar-refractivity contribution is 5.79. The van der Waals surface area contributed by atoms with Gasteiger partial charge in [0.25, 0.3) is 0 Å². The number of carbonyl (C=O) groups is 1. The molecule has 1 saturated carbocycles. The van der Waals surface area contributed by atoms with Gasteiger partial charge in [0.15, 0.2) is 5.78 Å². The Labute approximate surface area is 91.4 Å². The van der Waals surface area contributed by atoms with Gasteiger partial charge in [0.2, 0.25) is 0 Å². The third-order valence-corrected chi connectivity index (χ3v) is 3.94. The summed E-state index contributed by atoms with van der Waals surface area (Å²) in [4.78, 5) is 11.0. The number of aliphatic hydroxyl groups excluding tert-OH is 1. The van der Waals surface area contributed by atoms with Crippen molar-refractivity contribution >= 4 is 5.78 Å². The lowest BCUT2D eigenvalue weighted by molar-refractivity contribution is -0.121. The molecule has 1 unspecified atom stereocenters. The Morgan fingerprint density at radius 2 is 1.80 bits per heavy atom. The molecule has 0 bridgehead atoms. The first-order valence-electron chi connectivity index (χ1n) is 6.10. The third-order valence-electron chi connectivity index (χ3n) is 3.94. The van der Waals surface area contributed by atoms with Crippen LogP contribution in [0.25, 0.3) is 0 Å². The van der Waals surface area contributed by atoms with Crippen LogP contribution in [0.3, 0.4) is 0 Å². The minimum absolute atomic E-state index is 0.00685. The topological polar surface area (TPSA) is 37.3 Å². The number of ketones is 1. The van der Waals surface area contributed by atoms with E-state index >= 15 is 0 Å². The summed E-state index contributed by atoms with van der Waals surface area (Å²) in [5, 5.41) is 8.66. The second-order valence-electron chi connectivity index (χ2n) is 4.85. The number of allylic oxidation sites excluding steroid dienone is 2. The predicted octanol–water partition coefficient (Wildman–Crippen LogP) is 2.32. The summed E-state index contributed by atoms with van der Waals surface area (Å²) in [6, 6.07) is 0. The fourth-order valence-electron chi connectivity index (χ4n) is 3.03. The van der Waals surface area contributed by atoms with Gasteiger partial charge in [-0.15, -0.1) is 0 Å². The van der Waals surface area contributed by atoms with Gasteiger partial charge in [-0.2, -0.15) is 0 Å². The summed E-state index contributed by atoms with van der Waals surface area (Å²) in [7, 11) is 0. The van der Waals surface area contributed by atoms with E-state index in [2.05, 4.69) is 12.2 Å². The molecule has 0 heterocycles. The number of hydrogen-bond donors (Lipinski definition) is 1. The molecule has 3 atom stereocenters. The van der Waals surface area contributed by atoms with Crippen LogP contribution in [0.4, 0.5) is 0 Å². The van der Waals surface area contributed by atoms with Crippen molar-refractivity contribution in [1.29, 1.82) is 0 Å². The molecule has 0 radical (unpaired) electrons. The van der Waals surface area contributed by atoms with Crippen LogP contribution in [0.5, 0.6) is 0 Å². The van der Waals surface area contributed by atoms with E-state index in [4.69, 9.17) is 5.11 Å². The fraction of sp³-hybridized carbons (Fsp3) is 0.769. The smallest absolute Gasteiger partial charge is 0.158 e. The number of hydrogen-bond acceptors (Lipinski definition) is 2. The zero-order valence-corrected chi connectivity index (χ0v) is 9.19. The summed E-state index contributed by atoms with van der Waals surface area (Å²) in [6.45, 7) is -0.274. The molecule has 1 N–H and O–H groups in total. The Morgan fingerprint density at radius 1 is 1.20 bits per heavy atom. The van der Waals surface area contributed by atoms with Gasteiger partial charge < -0.3 is 5.11 Å². The van der Waals surface area contributed by atoms with Crippen LogP contribution in [0.1, 0.15) is 38.5 Å². The highest BCUT2D eigenvalue weighted by atomic mass is 16.3. The second kappa shape index (κ2) is 4.93. The van der Waals surface area contributed by atoms with Crippen LogP contribution >= 0.6 is 0 Å². The lowest BCUT2D eigenvalue weighted by Crippen LogP contribution is -2.03. The van der Waals surface area contributed by atoms with Gasteiger partial charge >= 0.3 is 0 Å². The molecule has 15 heavy (non-hydrogen) atoms. The van der Waals surface area contributed by atoms with Gasteiger partial charge in [-0.1, -0.05) is 12.2 Å². The molecule has 1 fully saturated rings. The zero-order valence-electron chi connectivity index (χ0n) is 9.19. The summed E-state index contributed by atoms with van der Waals surface area (Å²) in [5.41, 5.74) is 0. The minimum atomic E-state index is -0.274. The molecule has 0 aromatic heterocycles. The Bertz CT molecular complexity index is 241. The van der Waals surface area contributed by atoms with Crippen LogP contribution in [0.15, 0.2) is 12.2 Å². The van der Waals surface area contributed by atoms with Crippen molar-refractivity contribution in [3.8, 4) is 0 Å². The largest absolute Gasteiger partial charge is 0.389 e. The van der Waals surface area contributed by atoms with Gasteiger partial charge in [-0.05, 0) is 49.9 Å². The van der Waals surface area contributed by atoms with E-state index in [1.165, 1.54) is 25.7 Å². The van der Waals surface area contributed by atoms with Gasteiger partial charge in [-0.3, -0.25) is 4.79 Å². The van der Waals surface area contributed by atoms with Crippen molar-refractivity contribution < 1.29 is 9.90 Å². The number of aliphatic hydroxyl groups is 1. The molecule has 0 aliphatic heterocycles. The maximum absolute atomic E-state index is 11.0. The van der Waals surface area contributed by atoms with E-state index in [1.807, 2.05) is 0 Å². The van der Waals surface area contributed by atoms with Crippen molar-refractivity contribution in [2.45, 2.75) is 38.5 Å². The predicted molar refractivity (Wildman–Crippen MR) is 59.4 cm³/mol. The Morgan fingerprint density at radius 3 is 2.33 bits per heavy atom. The first kappa shape index (κ1) is 10.9. The molecule has 2 heteroatoms. The number of Topliss-reactive ketones (excluding diaryl/α,β-unsaturated/α-hetero) is 1. The lowest BCUT2D eigenvalue weighted by atomic mass is 10.1.